The fourth-order valence-electron chi connectivity index (χ4n) is 2.16. The van der Waals surface area contributed by atoms with Gasteiger partial charge >= 0.3 is 0 Å². The Labute approximate surface area is 81.0 Å². The van der Waals surface area contributed by atoms with Crippen LogP contribution in [0.5, 0.6) is 0 Å². The minimum absolute atomic E-state index is 0.654. The molecule has 2 fully saturated rings. The van der Waals surface area contributed by atoms with Gasteiger partial charge in [-0.2, -0.15) is 0 Å². The van der Waals surface area contributed by atoms with Crippen LogP contribution in [0.4, 0.5) is 0 Å². The molecule has 13 heavy (non-hydrogen) atoms. The Bertz CT molecular complexity index is 139. The average Bonchev–Trinajstić information content (AvgIpc) is 2.53. The van der Waals surface area contributed by atoms with Crippen LogP contribution in [0.3, 0.4) is 0 Å². The first-order valence-electron chi connectivity index (χ1n) is 5.76. The Morgan fingerprint density at radius 1 is 1.15 bits per heavy atom. The van der Waals surface area contributed by atoms with Crippen molar-refractivity contribution in [3.8, 4) is 0 Å². The van der Waals surface area contributed by atoms with Crippen LogP contribution in [0.2, 0.25) is 0 Å². The zero-order chi connectivity index (χ0) is 8.93. The smallest absolute Gasteiger partial charge is 0.0619 e. The predicted molar refractivity (Wildman–Crippen MR) is 53.8 cm³/mol. The molecule has 0 amide bonds. The van der Waals surface area contributed by atoms with E-state index in [9.17, 15) is 0 Å². The monoisotopic (exact) mass is 183 g/mol. The van der Waals surface area contributed by atoms with Crippen molar-refractivity contribution in [1.82, 2.24) is 5.32 Å². The summed E-state index contributed by atoms with van der Waals surface area (Å²) in [4.78, 5) is 0. The summed E-state index contributed by atoms with van der Waals surface area (Å²) in [5, 5.41) is 3.45. The van der Waals surface area contributed by atoms with Gasteiger partial charge in [0.1, 0.15) is 0 Å². The van der Waals surface area contributed by atoms with E-state index in [0.29, 0.717) is 6.04 Å². The highest BCUT2D eigenvalue weighted by Crippen LogP contribution is 2.29. The number of nitrogens with one attached hydrogen (secondary N) is 1. The molecular formula is C11H21NO. The van der Waals surface area contributed by atoms with Crippen molar-refractivity contribution in [1.29, 1.82) is 0 Å². The third kappa shape index (κ3) is 2.96. The van der Waals surface area contributed by atoms with Gasteiger partial charge in [-0.3, -0.25) is 0 Å². The molecule has 0 aromatic carbocycles. The molecular weight excluding hydrogens is 162 g/mol. The van der Waals surface area contributed by atoms with Gasteiger partial charge in [0, 0.05) is 12.6 Å². The second-order valence-corrected chi connectivity index (χ2v) is 4.45. The van der Waals surface area contributed by atoms with E-state index in [-0.39, 0.29) is 0 Å². The quantitative estimate of drug-likeness (QED) is 0.658. The van der Waals surface area contributed by atoms with Gasteiger partial charge in [-0.05, 0) is 31.7 Å². The molecule has 1 atom stereocenters. The Balaban J connectivity index is 1.43. The van der Waals surface area contributed by atoms with Crippen molar-refractivity contribution in [3.05, 3.63) is 0 Å². The van der Waals surface area contributed by atoms with Crippen molar-refractivity contribution >= 4 is 0 Å². The summed E-state index contributed by atoms with van der Waals surface area (Å²) >= 11 is 0. The zero-order valence-electron chi connectivity index (χ0n) is 8.43. The van der Waals surface area contributed by atoms with Gasteiger partial charge in [-0.25, -0.2) is 0 Å². The minimum atomic E-state index is 0.654. The van der Waals surface area contributed by atoms with E-state index in [4.69, 9.17) is 4.74 Å². The summed E-state index contributed by atoms with van der Waals surface area (Å²) in [6.45, 7) is 3.12. The van der Waals surface area contributed by atoms with Gasteiger partial charge in [0.2, 0.25) is 0 Å². The van der Waals surface area contributed by atoms with E-state index in [1.807, 2.05) is 0 Å². The first-order chi connectivity index (χ1) is 6.45. The van der Waals surface area contributed by atoms with Crippen LogP contribution >= 0.6 is 0 Å². The highest BCUT2D eigenvalue weighted by Gasteiger charge is 2.17. The highest BCUT2D eigenvalue weighted by atomic mass is 16.5. The number of hydrogen-bond donors (Lipinski definition) is 1. The molecule has 2 nitrogen and oxygen atoms in total. The van der Waals surface area contributed by atoms with Gasteiger partial charge in [-0.1, -0.05) is 19.3 Å². The molecule has 0 radical (unpaired) electrons. The lowest BCUT2D eigenvalue weighted by molar-refractivity contribution is 0.0926. The predicted octanol–water partition coefficient (Wildman–Crippen LogP) is 1.95. The van der Waals surface area contributed by atoms with E-state index >= 15 is 0 Å². The standard InChI is InChI=1S/C11H21NO/c1-3-10(4-1)6-8-13-9-11-5-2-7-12-11/h10-12H,1-9H2/t11-/m1/s1. The van der Waals surface area contributed by atoms with Gasteiger partial charge in [0.05, 0.1) is 6.61 Å². The molecule has 0 spiro atoms. The maximum Gasteiger partial charge on any atom is 0.0619 e. The third-order valence-corrected chi connectivity index (χ3v) is 3.38. The van der Waals surface area contributed by atoms with Gasteiger partial charge in [0.25, 0.3) is 0 Å². The molecule has 1 heterocycles. The molecule has 2 rings (SSSR count). The molecule has 0 unspecified atom stereocenters. The van der Waals surface area contributed by atoms with Crippen molar-refractivity contribution in [2.24, 2.45) is 5.92 Å². The molecule has 1 saturated carbocycles. The maximum atomic E-state index is 5.66. The SMILES string of the molecule is C1CC(CCOC[C@H]2CCCN2)C1. The van der Waals surface area contributed by atoms with E-state index in [1.54, 1.807) is 0 Å². The first-order valence-corrected chi connectivity index (χ1v) is 5.76. The summed E-state index contributed by atoms with van der Waals surface area (Å²) in [7, 11) is 0. The molecule has 1 N–H and O–H groups in total. The zero-order valence-corrected chi connectivity index (χ0v) is 8.43. The normalized spacial score (nSPS) is 29.1. The molecule has 0 bridgehead atoms. The summed E-state index contributed by atoms with van der Waals surface area (Å²) < 4.78 is 5.66. The topological polar surface area (TPSA) is 21.3 Å². The van der Waals surface area contributed by atoms with E-state index < -0.39 is 0 Å². The van der Waals surface area contributed by atoms with Crippen molar-refractivity contribution in [2.75, 3.05) is 19.8 Å². The van der Waals surface area contributed by atoms with Crippen LogP contribution in [0.15, 0.2) is 0 Å². The van der Waals surface area contributed by atoms with Gasteiger partial charge in [-0.15, -0.1) is 0 Å². The largest absolute Gasteiger partial charge is 0.380 e. The van der Waals surface area contributed by atoms with E-state index in [0.717, 1.165) is 19.1 Å². The third-order valence-electron chi connectivity index (χ3n) is 3.38. The van der Waals surface area contributed by atoms with Gasteiger partial charge < -0.3 is 10.1 Å². The number of ether oxygens (including phenoxy) is 1. The summed E-state index contributed by atoms with van der Waals surface area (Å²) in [5.74, 6) is 0.997. The molecule has 1 aliphatic heterocycles. The molecule has 2 aliphatic rings. The number of rotatable bonds is 5. The Morgan fingerprint density at radius 3 is 2.69 bits per heavy atom. The second kappa shape index (κ2) is 4.97. The molecule has 1 saturated heterocycles. The van der Waals surface area contributed by atoms with Crippen LogP contribution < -0.4 is 5.32 Å². The van der Waals surface area contributed by atoms with Crippen molar-refractivity contribution < 1.29 is 4.74 Å². The first kappa shape index (κ1) is 9.47. The van der Waals surface area contributed by atoms with Crippen LogP contribution in [0, 0.1) is 5.92 Å². The molecule has 0 aromatic heterocycles. The molecule has 0 aromatic rings. The lowest BCUT2D eigenvalue weighted by Crippen LogP contribution is -2.27. The van der Waals surface area contributed by atoms with Crippen LogP contribution in [-0.4, -0.2) is 25.8 Å². The second-order valence-electron chi connectivity index (χ2n) is 4.45. The van der Waals surface area contributed by atoms with Crippen molar-refractivity contribution in [2.45, 2.75) is 44.6 Å². The Kier molecular flexibility index (Phi) is 3.62. The van der Waals surface area contributed by atoms with E-state index in [1.165, 1.54) is 45.1 Å². The van der Waals surface area contributed by atoms with Crippen LogP contribution in [-0.2, 0) is 4.74 Å². The fourth-order valence-corrected chi connectivity index (χ4v) is 2.16. The minimum Gasteiger partial charge on any atom is -0.380 e. The summed E-state index contributed by atoms with van der Waals surface area (Å²) in [5.41, 5.74) is 0. The van der Waals surface area contributed by atoms with E-state index in [2.05, 4.69) is 5.32 Å². The summed E-state index contributed by atoms with van der Waals surface area (Å²) in [6, 6.07) is 0.654. The maximum absolute atomic E-state index is 5.66. The molecule has 1 aliphatic carbocycles. The van der Waals surface area contributed by atoms with Crippen LogP contribution in [0.1, 0.15) is 38.5 Å². The highest BCUT2D eigenvalue weighted by molar-refractivity contribution is 4.73. The summed E-state index contributed by atoms with van der Waals surface area (Å²) in [6.07, 6.45) is 8.29. The lowest BCUT2D eigenvalue weighted by atomic mass is 9.83. The van der Waals surface area contributed by atoms with Crippen LogP contribution in [0.25, 0.3) is 0 Å². The van der Waals surface area contributed by atoms with Crippen molar-refractivity contribution in [3.63, 3.8) is 0 Å². The average molecular weight is 183 g/mol. The lowest BCUT2D eigenvalue weighted by Gasteiger charge is -2.25. The Hall–Kier alpha value is -0.0800. The number of hydrogen-bond acceptors (Lipinski definition) is 2. The van der Waals surface area contributed by atoms with Gasteiger partial charge in [0.15, 0.2) is 0 Å². The fraction of sp³-hybridized carbons (Fsp3) is 1.00. The Morgan fingerprint density at radius 2 is 2.08 bits per heavy atom. The molecule has 2 heteroatoms. The molecule has 76 valence electrons.